The van der Waals surface area contributed by atoms with E-state index in [-0.39, 0.29) is 23.9 Å². The number of fused-ring (bicyclic) bond motifs is 1. The lowest BCUT2D eigenvalue weighted by atomic mass is 9.88. The van der Waals surface area contributed by atoms with Gasteiger partial charge in [0.05, 0.1) is 12.6 Å². The molecule has 2 aliphatic rings. The zero-order valence-corrected chi connectivity index (χ0v) is 24.8. The smallest absolute Gasteiger partial charge is 0.327 e. The van der Waals surface area contributed by atoms with Crippen LogP contribution >= 0.6 is 0 Å². The minimum Gasteiger partial charge on any atom is -0.465 e. The SMILES string of the molecule is CCOC(=O)C1(NN2CCc3ccccc3[C@@H]2c2ccc(F)cc2)CCC(N(Cc2ccccc2)Cc2ccccc2)C1. The number of nitrogens with one attached hydrogen (secondary N) is 1. The van der Waals surface area contributed by atoms with Crippen LogP contribution in [0.2, 0.25) is 0 Å². The Bertz CT molecular complexity index is 1460. The van der Waals surface area contributed by atoms with Crippen molar-refractivity contribution in [3.8, 4) is 0 Å². The van der Waals surface area contributed by atoms with Gasteiger partial charge in [0.1, 0.15) is 11.4 Å². The topological polar surface area (TPSA) is 44.8 Å². The standard InChI is InChI=1S/C37H40FN3O2/c1-2-43-36(42)37(39-41-24-22-30-15-9-10-16-34(30)35(41)31-17-19-32(38)20-18-31)23-21-33(25-37)40(26-28-11-5-3-6-12-28)27-29-13-7-4-8-14-29/h3-20,33,35,39H,2,21-27H2,1H3/t33?,35-,37?/m0/s1. The van der Waals surface area contributed by atoms with Crippen molar-refractivity contribution >= 4 is 5.97 Å². The summed E-state index contributed by atoms with van der Waals surface area (Å²) in [6, 6.07) is 36.3. The number of rotatable bonds is 10. The first-order chi connectivity index (χ1) is 21.0. The van der Waals surface area contributed by atoms with E-state index in [1.165, 1.54) is 34.4 Å². The summed E-state index contributed by atoms with van der Waals surface area (Å²) in [5.74, 6) is -0.459. The van der Waals surface area contributed by atoms with Crippen molar-refractivity contribution in [2.24, 2.45) is 0 Å². The van der Waals surface area contributed by atoms with Crippen molar-refractivity contribution < 1.29 is 13.9 Å². The van der Waals surface area contributed by atoms with Crippen molar-refractivity contribution in [1.82, 2.24) is 15.3 Å². The summed E-state index contributed by atoms with van der Waals surface area (Å²) in [5.41, 5.74) is 8.86. The van der Waals surface area contributed by atoms with Crippen molar-refractivity contribution in [3.05, 3.63) is 143 Å². The fourth-order valence-electron chi connectivity index (χ4n) is 6.85. The number of esters is 1. The Labute approximate surface area is 254 Å². The number of halogens is 1. The monoisotopic (exact) mass is 577 g/mol. The first kappa shape index (κ1) is 29.2. The molecule has 5 nitrogen and oxygen atoms in total. The predicted octanol–water partition coefficient (Wildman–Crippen LogP) is 6.83. The Morgan fingerprint density at radius 1 is 0.907 bits per heavy atom. The van der Waals surface area contributed by atoms with E-state index in [2.05, 4.69) is 88.1 Å². The second-order valence-electron chi connectivity index (χ2n) is 11.8. The molecular weight excluding hydrogens is 537 g/mol. The summed E-state index contributed by atoms with van der Waals surface area (Å²) < 4.78 is 19.7. The first-order valence-corrected chi connectivity index (χ1v) is 15.4. The molecule has 6 rings (SSSR count). The highest BCUT2D eigenvalue weighted by atomic mass is 19.1. The molecule has 1 aliphatic heterocycles. The molecule has 1 heterocycles. The molecule has 0 radical (unpaired) electrons. The molecular formula is C37H40FN3O2. The van der Waals surface area contributed by atoms with Crippen LogP contribution in [0.3, 0.4) is 0 Å². The van der Waals surface area contributed by atoms with Gasteiger partial charge in [0.2, 0.25) is 0 Å². The van der Waals surface area contributed by atoms with Gasteiger partial charge < -0.3 is 4.74 Å². The summed E-state index contributed by atoms with van der Waals surface area (Å²) in [5, 5.41) is 2.20. The average Bonchev–Trinajstić information content (AvgIpc) is 3.48. The highest BCUT2D eigenvalue weighted by Gasteiger charge is 2.50. The quantitative estimate of drug-likeness (QED) is 0.209. The summed E-state index contributed by atoms with van der Waals surface area (Å²) in [6.07, 6.45) is 3.04. The second kappa shape index (κ2) is 13.2. The van der Waals surface area contributed by atoms with Crippen LogP contribution in [0.25, 0.3) is 0 Å². The zero-order valence-electron chi connectivity index (χ0n) is 24.8. The van der Waals surface area contributed by atoms with Gasteiger partial charge in [0.15, 0.2) is 0 Å². The molecule has 1 aliphatic carbocycles. The molecule has 4 aromatic carbocycles. The van der Waals surface area contributed by atoms with E-state index < -0.39 is 5.54 Å². The third-order valence-corrected chi connectivity index (χ3v) is 8.95. The zero-order chi connectivity index (χ0) is 29.6. The van der Waals surface area contributed by atoms with Gasteiger partial charge in [-0.25, -0.2) is 19.6 Å². The Balaban J connectivity index is 1.31. The van der Waals surface area contributed by atoms with E-state index in [1.54, 1.807) is 0 Å². The summed E-state index contributed by atoms with van der Waals surface area (Å²) >= 11 is 0. The fraction of sp³-hybridized carbons (Fsp3) is 0.324. The third-order valence-electron chi connectivity index (χ3n) is 8.95. The number of hydrogen-bond acceptors (Lipinski definition) is 5. The van der Waals surface area contributed by atoms with Crippen LogP contribution in [0.5, 0.6) is 0 Å². The lowest BCUT2D eigenvalue weighted by Crippen LogP contribution is -2.61. The summed E-state index contributed by atoms with van der Waals surface area (Å²) in [4.78, 5) is 16.4. The van der Waals surface area contributed by atoms with Gasteiger partial charge in [-0.1, -0.05) is 97.1 Å². The Hall–Kier alpha value is -3.84. The van der Waals surface area contributed by atoms with Crippen LogP contribution in [0.15, 0.2) is 109 Å². The molecule has 6 heteroatoms. The lowest BCUT2D eigenvalue weighted by Gasteiger charge is -2.43. The Kier molecular flexibility index (Phi) is 8.98. The van der Waals surface area contributed by atoms with Crippen LogP contribution in [-0.2, 0) is 29.0 Å². The second-order valence-corrected chi connectivity index (χ2v) is 11.8. The van der Waals surface area contributed by atoms with Gasteiger partial charge in [-0.15, -0.1) is 0 Å². The molecule has 0 saturated heterocycles. The first-order valence-electron chi connectivity index (χ1n) is 15.4. The molecule has 0 amide bonds. The normalized spacial score (nSPS) is 21.9. The van der Waals surface area contributed by atoms with Gasteiger partial charge in [-0.3, -0.25) is 4.90 Å². The predicted molar refractivity (Wildman–Crippen MR) is 167 cm³/mol. The van der Waals surface area contributed by atoms with Gasteiger partial charge in [0.25, 0.3) is 0 Å². The molecule has 43 heavy (non-hydrogen) atoms. The van der Waals surface area contributed by atoms with E-state index in [0.717, 1.165) is 38.0 Å². The van der Waals surface area contributed by atoms with Gasteiger partial charge >= 0.3 is 5.97 Å². The van der Waals surface area contributed by atoms with Gasteiger partial charge in [0, 0.05) is 25.7 Å². The van der Waals surface area contributed by atoms with Crippen molar-refractivity contribution in [3.63, 3.8) is 0 Å². The maximum atomic E-state index is 14.0. The number of carbonyl (C=O) groups is 1. The van der Waals surface area contributed by atoms with Crippen molar-refractivity contribution in [2.75, 3.05) is 13.2 Å². The number of nitrogens with zero attached hydrogens (tertiary/aromatic N) is 2. The number of carbonyl (C=O) groups excluding carboxylic acids is 1. The molecule has 2 unspecified atom stereocenters. The summed E-state index contributed by atoms with van der Waals surface area (Å²) in [6.45, 7) is 4.52. The Morgan fingerprint density at radius 3 is 2.19 bits per heavy atom. The van der Waals surface area contributed by atoms with E-state index in [1.807, 2.05) is 31.2 Å². The molecule has 0 spiro atoms. The van der Waals surface area contributed by atoms with E-state index in [9.17, 15) is 9.18 Å². The van der Waals surface area contributed by atoms with Crippen LogP contribution in [-0.4, -0.2) is 40.6 Å². The highest BCUT2D eigenvalue weighted by Crippen LogP contribution is 2.40. The Morgan fingerprint density at radius 2 is 1.53 bits per heavy atom. The number of ether oxygens (including phenoxy) is 1. The molecule has 0 aromatic heterocycles. The number of hydrogen-bond donors (Lipinski definition) is 1. The molecule has 3 atom stereocenters. The van der Waals surface area contributed by atoms with Crippen LogP contribution in [0, 0.1) is 5.82 Å². The summed E-state index contributed by atoms with van der Waals surface area (Å²) in [7, 11) is 0. The van der Waals surface area contributed by atoms with Crippen molar-refractivity contribution in [2.45, 2.75) is 63.3 Å². The highest BCUT2D eigenvalue weighted by molar-refractivity contribution is 5.81. The minimum absolute atomic E-state index is 0.152. The molecule has 1 saturated carbocycles. The maximum absolute atomic E-state index is 14.0. The molecule has 1 fully saturated rings. The van der Waals surface area contributed by atoms with Crippen LogP contribution in [0.4, 0.5) is 4.39 Å². The van der Waals surface area contributed by atoms with E-state index in [4.69, 9.17) is 4.74 Å². The average molecular weight is 578 g/mol. The maximum Gasteiger partial charge on any atom is 0.327 e. The van der Waals surface area contributed by atoms with Gasteiger partial charge in [-0.05, 0) is 72.6 Å². The molecule has 4 aromatic rings. The third kappa shape index (κ3) is 6.57. The van der Waals surface area contributed by atoms with Crippen LogP contribution in [0.1, 0.15) is 60.0 Å². The molecule has 1 N–H and O–H groups in total. The minimum atomic E-state index is -0.864. The molecule has 222 valence electrons. The number of hydrazine groups is 1. The van der Waals surface area contributed by atoms with E-state index in [0.29, 0.717) is 19.4 Å². The van der Waals surface area contributed by atoms with Crippen LogP contribution < -0.4 is 5.43 Å². The van der Waals surface area contributed by atoms with E-state index >= 15 is 0 Å². The largest absolute Gasteiger partial charge is 0.465 e. The van der Waals surface area contributed by atoms with Crippen molar-refractivity contribution in [1.29, 1.82) is 0 Å². The van der Waals surface area contributed by atoms with Gasteiger partial charge in [-0.2, -0.15) is 0 Å². The molecule has 0 bridgehead atoms. The lowest BCUT2D eigenvalue weighted by molar-refractivity contribution is -0.154. The number of benzene rings is 4. The fourth-order valence-corrected chi connectivity index (χ4v) is 6.85.